The van der Waals surface area contributed by atoms with Gasteiger partial charge < -0.3 is 9.88 Å². The molecule has 0 radical (unpaired) electrons. The van der Waals surface area contributed by atoms with Crippen molar-refractivity contribution in [3.8, 4) is 0 Å². The summed E-state index contributed by atoms with van der Waals surface area (Å²) in [6.07, 6.45) is 12.2. The van der Waals surface area contributed by atoms with Crippen molar-refractivity contribution in [2.75, 3.05) is 12.8 Å². The van der Waals surface area contributed by atoms with Crippen LogP contribution in [0.15, 0.2) is 41.6 Å². The Morgan fingerprint density at radius 3 is 2.77 bits per heavy atom. The second kappa shape index (κ2) is 9.57. The zero-order valence-electron chi connectivity index (χ0n) is 15.2. The molecule has 138 valence electrons. The largest absolute Gasteiger partial charge is 0.353 e. The summed E-state index contributed by atoms with van der Waals surface area (Å²) in [6.45, 7) is 0.643. The van der Waals surface area contributed by atoms with E-state index in [0.29, 0.717) is 12.6 Å². The van der Waals surface area contributed by atoms with Crippen LogP contribution in [0.3, 0.4) is 0 Å². The third-order valence-electron chi connectivity index (χ3n) is 4.71. The van der Waals surface area contributed by atoms with Gasteiger partial charge >= 0.3 is 0 Å². The number of nitrogens with zero attached hydrogens (tertiary/aromatic N) is 3. The molecule has 1 heterocycles. The molecule has 0 atom stereocenters. The number of thioether (sulfide) groups is 1. The minimum absolute atomic E-state index is 0.0593. The Bertz CT molecular complexity index is 736. The summed E-state index contributed by atoms with van der Waals surface area (Å²) in [6, 6.07) is 10.4. The molecular formula is C20H26N4OS. The molecule has 1 saturated carbocycles. The SMILES string of the molecule is CSc1nnc(CCCNC(=O)C=Cc2ccccc2)n1C1CCCC1. The predicted molar refractivity (Wildman–Crippen MR) is 106 cm³/mol. The first-order valence-corrected chi connectivity index (χ1v) is 10.5. The Balaban J connectivity index is 1.47. The Morgan fingerprint density at radius 1 is 1.27 bits per heavy atom. The molecule has 2 aromatic rings. The predicted octanol–water partition coefficient (Wildman–Crippen LogP) is 3.88. The van der Waals surface area contributed by atoms with E-state index in [9.17, 15) is 4.79 Å². The number of aromatic nitrogens is 3. The minimum atomic E-state index is -0.0593. The first-order chi connectivity index (χ1) is 12.8. The lowest BCUT2D eigenvalue weighted by atomic mass is 10.2. The van der Waals surface area contributed by atoms with Gasteiger partial charge in [-0.05, 0) is 37.2 Å². The van der Waals surface area contributed by atoms with E-state index in [2.05, 4.69) is 26.3 Å². The van der Waals surface area contributed by atoms with Gasteiger partial charge in [0.2, 0.25) is 5.91 Å². The highest BCUT2D eigenvalue weighted by atomic mass is 32.2. The average molecular weight is 371 g/mol. The number of hydrogen-bond donors (Lipinski definition) is 1. The van der Waals surface area contributed by atoms with Gasteiger partial charge in [0.1, 0.15) is 5.82 Å². The molecule has 0 saturated heterocycles. The molecule has 5 nitrogen and oxygen atoms in total. The van der Waals surface area contributed by atoms with Gasteiger partial charge in [-0.2, -0.15) is 0 Å². The zero-order chi connectivity index (χ0) is 18.2. The van der Waals surface area contributed by atoms with Gasteiger partial charge in [0.15, 0.2) is 5.16 Å². The first-order valence-electron chi connectivity index (χ1n) is 9.26. The number of rotatable bonds is 8. The van der Waals surface area contributed by atoms with Crippen molar-refractivity contribution < 1.29 is 4.79 Å². The van der Waals surface area contributed by atoms with E-state index in [1.54, 1.807) is 17.8 Å². The van der Waals surface area contributed by atoms with Crippen LogP contribution in [0.4, 0.5) is 0 Å². The van der Waals surface area contributed by atoms with Crippen LogP contribution in [0.2, 0.25) is 0 Å². The third kappa shape index (κ3) is 4.97. The maximum atomic E-state index is 11.9. The molecule has 1 aliphatic rings. The Kier molecular flexibility index (Phi) is 6.89. The fraction of sp³-hybridized carbons (Fsp3) is 0.450. The van der Waals surface area contributed by atoms with Crippen LogP contribution >= 0.6 is 11.8 Å². The van der Waals surface area contributed by atoms with Crippen molar-refractivity contribution in [2.45, 2.75) is 49.7 Å². The molecule has 1 N–H and O–H groups in total. The third-order valence-corrected chi connectivity index (χ3v) is 5.35. The van der Waals surface area contributed by atoms with Gasteiger partial charge in [0.25, 0.3) is 0 Å². The molecule has 0 bridgehead atoms. The van der Waals surface area contributed by atoms with E-state index in [-0.39, 0.29) is 5.91 Å². The molecule has 0 spiro atoms. The maximum absolute atomic E-state index is 11.9. The molecule has 1 aromatic carbocycles. The van der Waals surface area contributed by atoms with Crippen LogP contribution in [0.1, 0.15) is 49.5 Å². The molecule has 0 aliphatic heterocycles. The Morgan fingerprint density at radius 2 is 2.04 bits per heavy atom. The standard InChI is InChI=1S/C20H26N4OS/c1-26-20-23-22-18(24(20)17-10-5-6-11-17)12-7-15-21-19(25)14-13-16-8-3-2-4-9-16/h2-4,8-9,13-14,17H,5-7,10-12,15H2,1H3,(H,21,25). The number of hydrogen-bond acceptors (Lipinski definition) is 4. The van der Waals surface area contributed by atoms with Gasteiger partial charge in [0.05, 0.1) is 0 Å². The highest BCUT2D eigenvalue weighted by Gasteiger charge is 2.23. The number of nitrogens with one attached hydrogen (secondary N) is 1. The molecule has 1 fully saturated rings. The zero-order valence-corrected chi connectivity index (χ0v) is 16.0. The van der Waals surface area contributed by atoms with Crippen molar-refractivity contribution in [2.24, 2.45) is 0 Å². The van der Waals surface area contributed by atoms with Gasteiger partial charge in [-0.1, -0.05) is 54.9 Å². The fourth-order valence-corrected chi connectivity index (χ4v) is 3.97. The van der Waals surface area contributed by atoms with Crippen LogP contribution in [0.5, 0.6) is 0 Å². The van der Waals surface area contributed by atoms with Crippen molar-refractivity contribution >= 4 is 23.7 Å². The molecule has 26 heavy (non-hydrogen) atoms. The van der Waals surface area contributed by atoms with Crippen LogP contribution in [0.25, 0.3) is 6.08 Å². The summed E-state index contributed by atoms with van der Waals surface area (Å²) >= 11 is 1.66. The first kappa shape index (κ1) is 18.7. The monoisotopic (exact) mass is 370 g/mol. The summed E-state index contributed by atoms with van der Waals surface area (Å²) < 4.78 is 2.33. The number of carbonyl (C=O) groups excluding carboxylic acids is 1. The number of amides is 1. The normalized spacial score (nSPS) is 15.0. The quantitative estimate of drug-likeness (QED) is 0.435. The second-order valence-electron chi connectivity index (χ2n) is 6.55. The molecule has 1 aliphatic carbocycles. The summed E-state index contributed by atoms with van der Waals surface area (Å²) in [4.78, 5) is 11.9. The van der Waals surface area contributed by atoms with Crippen LogP contribution in [0, 0.1) is 0 Å². The van der Waals surface area contributed by atoms with E-state index >= 15 is 0 Å². The van der Waals surface area contributed by atoms with Gasteiger partial charge in [-0.3, -0.25) is 4.79 Å². The van der Waals surface area contributed by atoms with Crippen LogP contribution in [-0.4, -0.2) is 33.5 Å². The lowest BCUT2D eigenvalue weighted by Crippen LogP contribution is -2.23. The molecular weight excluding hydrogens is 344 g/mol. The average Bonchev–Trinajstić information content (AvgIpc) is 3.33. The number of carbonyl (C=O) groups is 1. The van der Waals surface area contributed by atoms with Crippen molar-refractivity contribution in [3.63, 3.8) is 0 Å². The summed E-state index contributed by atoms with van der Waals surface area (Å²) in [5.74, 6) is 0.992. The van der Waals surface area contributed by atoms with E-state index in [0.717, 1.165) is 29.4 Å². The summed E-state index contributed by atoms with van der Waals surface area (Å²) in [7, 11) is 0. The molecule has 1 amide bonds. The van der Waals surface area contributed by atoms with Crippen molar-refractivity contribution in [1.29, 1.82) is 0 Å². The molecule has 6 heteroatoms. The highest BCUT2D eigenvalue weighted by molar-refractivity contribution is 7.98. The van der Waals surface area contributed by atoms with Crippen LogP contribution in [-0.2, 0) is 11.2 Å². The van der Waals surface area contributed by atoms with E-state index < -0.39 is 0 Å². The summed E-state index contributed by atoms with van der Waals surface area (Å²) in [5, 5.41) is 12.7. The van der Waals surface area contributed by atoms with E-state index in [1.165, 1.54) is 25.7 Å². The fourth-order valence-electron chi connectivity index (χ4n) is 3.40. The van der Waals surface area contributed by atoms with E-state index in [1.807, 2.05) is 36.4 Å². The lowest BCUT2D eigenvalue weighted by molar-refractivity contribution is -0.116. The molecule has 3 rings (SSSR count). The molecule has 0 unspecified atom stereocenters. The second-order valence-corrected chi connectivity index (χ2v) is 7.32. The molecule has 1 aromatic heterocycles. The number of aryl methyl sites for hydroxylation is 1. The number of benzene rings is 1. The lowest BCUT2D eigenvalue weighted by Gasteiger charge is -2.16. The summed E-state index contributed by atoms with van der Waals surface area (Å²) in [5.41, 5.74) is 1.02. The maximum Gasteiger partial charge on any atom is 0.243 e. The Labute approximate surface area is 159 Å². The van der Waals surface area contributed by atoms with E-state index in [4.69, 9.17) is 0 Å². The minimum Gasteiger partial charge on any atom is -0.353 e. The van der Waals surface area contributed by atoms with Crippen molar-refractivity contribution in [3.05, 3.63) is 47.8 Å². The topological polar surface area (TPSA) is 59.8 Å². The van der Waals surface area contributed by atoms with Crippen LogP contribution < -0.4 is 5.32 Å². The van der Waals surface area contributed by atoms with Crippen molar-refractivity contribution in [1.82, 2.24) is 20.1 Å². The van der Waals surface area contributed by atoms with Gasteiger partial charge in [0, 0.05) is 25.1 Å². The highest BCUT2D eigenvalue weighted by Crippen LogP contribution is 2.33. The van der Waals surface area contributed by atoms with Gasteiger partial charge in [-0.15, -0.1) is 10.2 Å². The van der Waals surface area contributed by atoms with Gasteiger partial charge in [-0.25, -0.2) is 0 Å². The smallest absolute Gasteiger partial charge is 0.243 e. The Hall–Kier alpha value is -2.08.